The fraction of sp³-hybridized carbons (Fsp3) is 0.615. The molecule has 17 heavy (non-hydrogen) atoms. The number of methoxy groups -OCH3 is 1. The van der Waals surface area contributed by atoms with E-state index < -0.39 is 0 Å². The van der Waals surface area contributed by atoms with Gasteiger partial charge in [-0.15, -0.1) is 0 Å². The van der Waals surface area contributed by atoms with Crippen LogP contribution in [0.1, 0.15) is 23.2 Å². The molecule has 1 saturated heterocycles. The predicted octanol–water partition coefficient (Wildman–Crippen LogP) is 1.24. The molecule has 1 fully saturated rings. The lowest BCUT2D eigenvalue weighted by Crippen LogP contribution is -2.26. The van der Waals surface area contributed by atoms with Gasteiger partial charge in [-0.05, 0) is 20.3 Å². The van der Waals surface area contributed by atoms with Crippen molar-refractivity contribution in [2.24, 2.45) is 5.73 Å². The molecule has 4 nitrogen and oxygen atoms in total. The van der Waals surface area contributed by atoms with Crippen molar-refractivity contribution in [3.63, 3.8) is 0 Å². The van der Waals surface area contributed by atoms with Gasteiger partial charge in [-0.25, -0.2) is 0 Å². The van der Waals surface area contributed by atoms with Gasteiger partial charge in [0.25, 0.3) is 0 Å². The molecule has 2 N–H and O–H groups in total. The number of hydrogen-bond acceptors (Lipinski definition) is 4. The summed E-state index contributed by atoms with van der Waals surface area (Å²) in [4.78, 5) is 6.87. The third kappa shape index (κ3) is 2.58. The molecule has 0 radical (unpaired) electrons. The van der Waals surface area contributed by atoms with Crippen LogP contribution < -0.4 is 10.5 Å². The van der Waals surface area contributed by atoms with Crippen molar-refractivity contribution in [3.8, 4) is 5.75 Å². The van der Waals surface area contributed by atoms with E-state index in [1.807, 2.05) is 13.1 Å². The minimum atomic E-state index is 0.322. The summed E-state index contributed by atoms with van der Waals surface area (Å²) in [7, 11) is 1.71. The van der Waals surface area contributed by atoms with Crippen LogP contribution in [0.25, 0.3) is 0 Å². The largest absolute Gasteiger partial charge is 0.496 e. The Kier molecular flexibility index (Phi) is 3.64. The molecule has 0 amide bonds. The maximum absolute atomic E-state index is 5.91. The number of pyridine rings is 1. The lowest BCUT2D eigenvalue weighted by Gasteiger charge is -2.18. The first-order valence-electron chi connectivity index (χ1n) is 6.08. The molecule has 1 aliphatic heterocycles. The van der Waals surface area contributed by atoms with E-state index in [9.17, 15) is 0 Å². The molecule has 0 aromatic carbocycles. The van der Waals surface area contributed by atoms with E-state index in [4.69, 9.17) is 10.5 Å². The van der Waals surface area contributed by atoms with Crippen LogP contribution in [0.15, 0.2) is 6.20 Å². The second-order valence-electron chi connectivity index (χ2n) is 4.83. The van der Waals surface area contributed by atoms with Gasteiger partial charge in [0, 0.05) is 43.0 Å². The first-order chi connectivity index (χ1) is 8.11. The molecule has 0 aliphatic carbocycles. The zero-order valence-electron chi connectivity index (χ0n) is 10.9. The fourth-order valence-electron chi connectivity index (χ4n) is 2.45. The topological polar surface area (TPSA) is 51.4 Å². The summed E-state index contributed by atoms with van der Waals surface area (Å²) < 4.78 is 5.42. The van der Waals surface area contributed by atoms with Crippen molar-refractivity contribution in [1.29, 1.82) is 0 Å². The maximum Gasteiger partial charge on any atom is 0.128 e. The third-order valence-electron chi connectivity index (χ3n) is 3.43. The summed E-state index contributed by atoms with van der Waals surface area (Å²) in [6.07, 6.45) is 2.97. The summed E-state index contributed by atoms with van der Waals surface area (Å²) in [5.74, 6) is 0.957. The van der Waals surface area contributed by atoms with Crippen LogP contribution in [-0.4, -0.2) is 36.1 Å². The van der Waals surface area contributed by atoms with Crippen LogP contribution in [0, 0.1) is 13.8 Å². The smallest absolute Gasteiger partial charge is 0.128 e. The summed E-state index contributed by atoms with van der Waals surface area (Å²) in [6.45, 7) is 7.00. The van der Waals surface area contributed by atoms with Gasteiger partial charge >= 0.3 is 0 Å². The van der Waals surface area contributed by atoms with Gasteiger partial charge in [-0.2, -0.15) is 0 Å². The van der Waals surface area contributed by atoms with Crippen molar-refractivity contribution in [2.45, 2.75) is 32.9 Å². The molecule has 0 saturated carbocycles. The van der Waals surface area contributed by atoms with Crippen LogP contribution in [0.3, 0.4) is 0 Å². The summed E-state index contributed by atoms with van der Waals surface area (Å²) in [5.41, 5.74) is 9.24. The Morgan fingerprint density at radius 2 is 2.29 bits per heavy atom. The van der Waals surface area contributed by atoms with E-state index in [1.54, 1.807) is 7.11 Å². The number of nitrogens with zero attached hydrogens (tertiary/aromatic N) is 2. The van der Waals surface area contributed by atoms with Crippen LogP contribution in [0.5, 0.6) is 5.75 Å². The van der Waals surface area contributed by atoms with E-state index in [0.717, 1.165) is 48.6 Å². The molecule has 94 valence electrons. The van der Waals surface area contributed by atoms with Crippen LogP contribution in [0.2, 0.25) is 0 Å². The van der Waals surface area contributed by atoms with Gasteiger partial charge in [-0.1, -0.05) is 0 Å². The van der Waals surface area contributed by atoms with Crippen LogP contribution in [-0.2, 0) is 6.54 Å². The van der Waals surface area contributed by atoms with Gasteiger partial charge in [0.05, 0.1) is 12.8 Å². The molecular weight excluding hydrogens is 214 g/mol. The van der Waals surface area contributed by atoms with E-state index in [-0.39, 0.29) is 0 Å². The minimum absolute atomic E-state index is 0.322. The molecule has 1 aromatic rings. The normalized spacial score (nSPS) is 20.8. The van der Waals surface area contributed by atoms with Crippen molar-refractivity contribution >= 4 is 0 Å². The lowest BCUT2D eigenvalue weighted by atomic mass is 10.1. The molecular formula is C13H21N3O. The summed E-state index contributed by atoms with van der Waals surface area (Å²) in [5, 5.41) is 0. The number of rotatable bonds is 3. The lowest BCUT2D eigenvalue weighted by molar-refractivity contribution is 0.320. The number of aromatic nitrogens is 1. The molecule has 1 atom stereocenters. The quantitative estimate of drug-likeness (QED) is 0.856. The number of ether oxygens (including phenoxy) is 1. The van der Waals surface area contributed by atoms with E-state index in [0.29, 0.717) is 6.04 Å². The first-order valence-corrected chi connectivity index (χ1v) is 6.08. The van der Waals surface area contributed by atoms with Crippen LogP contribution in [0.4, 0.5) is 0 Å². The molecule has 2 heterocycles. The van der Waals surface area contributed by atoms with E-state index in [1.165, 1.54) is 0 Å². The first kappa shape index (κ1) is 12.3. The average Bonchev–Trinajstić information content (AvgIpc) is 2.69. The van der Waals surface area contributed by atoms with Gasteiger partial charge in [0.1, 0.15) is 5.75 Å². The molecule has 0 spiro atoms. The number of likely N-dealkylation sites (tertiary alicyclic amines) is 1. The van der Waals surface area contributed by atoms with Crippen LogP contribution >= 0.6 is 0 Å². The Bertz CT molecular complexity index is 406. The molecule has 2 rings (SSSR count). The number of nitrogens with two attached hydrogens (primary N) is 1. The highest BCUT2D eigenvalue weighted by Gasteiger charge is 2.20. The Hall–Kier alpha value is -1.13. The standard InChI is InChI=1S/C13H21N3O/c1-9-6-15-12(10(2)13(9)17-3)8-16-5-4-11(14)7-16/h6,11H,4-5,7-8,14H2,1-3H3/t11-/m1/s1. The van der Waals surface area contributed by atoms with Crippen molar-refractivity contribution < 1.29 is 4.74 Å². The molecule has 0 unspecified atom stereocenters. The predicted molar refractivity (Wildman–Crippen MR) is 68.1 cm³/mol. The van der Waals surface area contributed by atoms with Gasteiger partial charge < -0.3 is 10.5 Å². The highest BCUT2D eigenvalue weighted by atomic mass is 16.5. The summed E-state index contributed by atoms with van der Waals surface area (Å²) in [6, 6.07) is 0.322. The number of hydrogen-bond donors (Lipinski definition) is 1. The minimum Gasteiger partial charge on any atom is -0.496 e. The van der Waals surface area contributed by atoms with Gasteiger partial charge in [0.15, 0.2) is 0 Å². The Morgan fingerprint density at radius 1 is 1.53 bits per heavy atom. The Labute approximate surface area is 103 Å². The van der Waals surface area contributed by atoms with Crippen molar-refractivity contribution in [1.82, 2.24) is 9.88 Å². The average molecular weight is 235 g/mol. The monoisotopic (exact) mass is 235 g/mol. The fourth-order valence-corrected chi connectivity index (χ4v) is 2.45. The Balaban J connectivity index is 2.16. The van der Waals surface area contributed by atoms with Gasteiger partial charge in [0.2, 0.25) is 0 Å². The highest BCUT2D eigenvalue weighted by Crippen LogP contribution is 2.25. The second-order valence-corrected chi connectivity index (χ2v) is 4.83. The maximum atomic E-state index is 5.91. The third-order valence-corrected chi connectivity index (χ3v) is 3.43. The zero-order valence-corrected chi connectivity index (χ0v) is 10.9. The van der Waals surface area contributed by atoms with E-state index >= 15 is 0 Å². The zero-order chi connectivity index (χ0) is 12.4. The Morgan fingerprint density at radius 3 is 2.88 bits per heavy atom. The SMILES string of the molecule is COc1c(C)cnc(CN2CC[C@@H](N)C2)c1C. The van der Waals surface area contributed by atoms with Crippen molar-refractivity contribution in [3.05, 3.63) is 23.0 Å². The highest BCUT2D eigenvalue weighted by molar-refractivity contribution is 5.41. The molecule has 1 aromatic heterocycles. The summed E-state index contributed by atoms with van der Waals surface area (Å²) >= 11 is 0. The van der Waals surface area contributed by atoms with E-state index in [2.05, 4.69) is 16.8 Å². The molecule has 0 bridgehead atoms. The molecule has 1 aliphatic rings. The second kappa shape index (κ2) is 5.02. The van der Waals surface area contributed by atoms with Gasteiger partial charge in [-0.3, -0.25) is 9.88 Å². The van der Waals surface area contributed by atoms with Crippen molar-refractivity contribution in [2.75, 3.05) is 20.2 Å². The molecule has 4 heteroatoms. The number of aryl methyl sites for hydroxylation is 1.